The van der Waals surface area contributed by atoms with Crippen LogP contribution in [0.5, 0.6) is 0 Å². The summed E-state index contributed by atoms with van der Waals surface area (Å²) >= 11 is 6.06. The quantitative estimate of drug-likeness (QED) is 0.457. The summed E-state index contributed by atoms with van der Waals surface area (Å²) in [5.41, 5.74) is 2.72. The molecule has 0 N–H and O–H groups in total. The van der Waals surface area contributed by atoms with E-state index in [4.69, 9.17) is 20.9 Å². The molecule has 2 aliphatic heterocycles. The monoisotopic (exact) mass is 512 g/mol. The Kier molecular flexibility index (Phi) is 7.55. The molecule has 0 aliphatic carbocycles. The molecule has 0 radical (unpaired) electrons. The van der Waals surface area contributed by atoms with Crippen LogP contribution in [0, 0.1) is 5.82 Å². The predicted molar refractivity (Wildman–Crippen MR) is 137 cm³/mol. The van der Waals surface area contributed by atoms with Gasteiger partial charge in [0.15, 0.2) is 0 Å². The lowest BCUT2D eigenvalue weighted by Crippen LogP contribution is -2.45. The molecular formula is C27H30ClFN4O3. The number of ether oxygens (including phenoxy) is 1. The smallest absolute Gasteiger partial charge is 0.254 e. The van der Waals surface area contributed by atoms with E-state index in [2.05, 4.69) is 22.0 Å². The van der Waals surface area contributed by atoms with Crippen molar-refractivity contribution in [3.63, 3.8) is 0 Å². The van der Waals surface area contributed by atoms with Crippen LogP contribution in [0.1, 0.15) is 28.8 Å². The zero-order valence-corrected chi connectivity index (χ0v) is 21.1. The maximum atomic E-state index is 13.7. The van der Waals surface area contributed by atoms with E-state index in [1.165, 1.54) is 12.1 Å². The van der Waals surface area contributed by atoms with E-state index in [-0.39, 0.29) is 17.8 Å². The Labute approximate surface area is 215 Å². The molecule has 2 aliphatic rings. The standard InChI is InChI=1S/C27H30ClFN4O3/c1-31-12-14-32(15-13-31)27-24(25(30-36-27)19-6-10-22(29)11-7-19)18-33(17-23-3-2-16-35-23)26(34)20-4-8-21(28)9-5-20/h4-11,23H,2-3,12-18H2,1H3. The number of likely N-dealkylation sites (N-methyl/N-ethyl adjacent to an activating group) is 1. The summed E-state index contributed by atoms with van der Waals surface area (Å²) in [6.45, 7) is 4.83. The summed E-state index contributed by atoms with van der Waals surface area (Å²) in [6, 6.07) is 13.1. The molecule has 9 heteroatoms. The summed E-state index contributed by atoms with van der Waals surface area (Å²) in [6.07, 6.45) is 1.86. The number of nitrogens with zero attached hydrogens (tertiary/aromatic N) is 4. The van der Waals surface area contributed by atoms with E-state index < -0.39 is 0 Å². The molecule has 3 heterocycles. The lowest BCUT2D eigenvalue weighted by molar-refractivity contribution is 0.0507. The summed E-state index contributed by atoms with van der Waals surface area (Å²) < 4.78 is 25.4. The van der Waals surface area contributed by atoms with Crippen molar-refractivity contribution in [1.82, 2.24) is 15.0 Å². The molecule has 190 valence electrons. The lowest BCUT2D eigenvalue weighted by Gasteiger charge is -2.33. The van der Waals surface area contributed by atoms with E-state index in [0.717, 1.165) is 50.1 Å². The van der Waals surface area contributed by atoms with Gasteiger partial charge in [0.2, 0.25) is 5.88 Å². The van der Waals surface area contributed by atoms with Gasteiger partial charge in [0.05, 0.1) is 18.2 Å². The first-order chi connectivity index (χ1) is 17.5. The molecule has 0 saturated carbocycles. The molecule has 7 nitrogen and oxygen atoms in total. The minimum absolute atomic E-state index is 0.0255. The largest absolute Gasteiger partial charge is 0.376 e. The number of aromatic nitrogens is 1. The molecule has 1 amide bonds. The highest BCUT2D eigenvalue weighted by Gasteiger charge is 2.30. The topological polar surface area (TPSA) is 62.1 Å². The van der Waals surface area contributed by atoms with Crippen molar-refractivity contribution in [2.75, 3.05) is 51.3 Å². The van der Waals surface area contributed by atoms with Gasteiger partial charge in [-0.15, -0.1) is 0 Å². The molecule has 2 saturated heterocycles. The van der Waals surface area contributed by atoms with E-state index in [1.807, 2.05) is 0 Å². The average molecular weight is 513 g/mol. The minimum Gasteiger partial charge on any atom is -0.376 e. The Hall–Kier alpha value is -2.94. The summed E-state index contributed by atoms with van der Waals surface area (Å²) in [4.78, 5) is 19.9. The van der Waals surface area contributed by atoms with Gasteiger partial charge in [0.1, 0.15) is 11.5 Å². The third-order valence-electron chi connectivity index (χ3n) is 6.85. The van der Waals surface area contributed by atoms with Crippen LogP contribution in [0.25, 0.3) is 11.3 Å². The van der Waals surface area contributed by atoms with Crippen LogP contribution in [-0.2, 0) is 11.3 Å². The number of carbonyl (C=O) groups excluding carboxylic acids is 1. The molecular weight excluding hydrogens is 483 g/mol. The van der Waals surface area contributed by atoms with E-state index in [1.54, 1.807) is 41.3 Å². The van der Waals surface area contributed by atoms with Gasteiger partial charge in [-0.2, -0.15) is 0 Å². The maximum absolute atomic E-state index is 13.7. The molecule has 1 aromatic heterocycles. The van der Waals surface area contributed by atoms with Gasteiger partial charge in [-0.3, -0.25) is 4.79 Å². The third kappa shape index (κ3) is 5.56. The van der Waals surface area contributed by atoms with E-state index in [9.17, 15) is 9.18 Å². The maximum Gasteiger partial charge on any atom is 0.254 e. The summed E-state index contributed by atoms with van der Waals surface area (Å²) in [5.74, 6) is 0.224. The molecule has 1 unspecified atom stereocenters. The molecule has 0 spiro atoms. The van der Waals surface area contributed by atoms with Gasteiger partial charge in [-0.1, -0.05) is 16.8 Å². The van der Waals surface area contributed by atoms with Crippen LogP contribution in [0.4, 0.5) is 10.3 Å². The van der Waals surface area contributed by atoms with Gasteiger partial charge in [-0.05, 0) is 68.4 Å². The zero-order valence-electron chi connectivity index (χ0n) is 20.3. The first-order valence-corrected chi connectivity index (χ1v) is 12.7. The number of benzene rings is 2. The minimum atomic E-state index is -0.319. The molecule has 2 fully saturated rings. The number of amides is 1. The second-order valence-corrected chi connectivity index (χ2v) is 9.88. The predicted octanol–water partition coefficient (Wildman–Crippen LogP) is 4.71. The Bertz CT molecular complexity index is 1170. The Morgan fingerprint density at radius 3 is 2.50 bits per heavy atom. The van der Waals surface area contributed by atoms with Crippen molar-refractivity contribution in [3.05, 3.63) is 70.5 Å². The van der Waals surface area contributed by atoms with Crippen molar-refractivity contribution in [1.29, 1.82) is 0 Å². The van der Waals surface area contributed by atoms with Crippen molar-refractivity contribution in [3.8, 4) is 11.3 Å². The number of anilines is 1. The van der Waals surface area contributed by atoms with E-state index >= 15 is 0 Å². The average Bonchev–Trinajstić information content (AvgIpc) is 3.55. The van der Waals surface area contributed by atoms with Gasteiger partial charge < -0.3 is 24.0 Å². The number of hydrogen-bond donors (Lipinski definition) is 0. The second kappa shape index (κ2) is 11.0. The van der Waals surface area contributed by atoms with Crippen molar-refractivity contribution < 1.29 is 18.4 Å². The number of rotatable bonds is 7. The SMILES string of the molecule is CN1CCN(c2onc(-c3ccc(F)cc3)c2CN(CC2CCCO2)C(=O)c2ccc(Cl)cc2)CC1. The fraction of sp³-hybridized carbons (Fsp3) is 0.407. The normalized spacial score (nSPS) is 18.5. The number of halogens is 2. The highest BCUT2D eigenvalue weighted by molar-refractivity contribution is 6.30. The number of carbonyl (C=O) groups is 1. The fourth-order valence-corrected chi connectivity index (χ4v) is 4.88. The van der Waals surface area contributed by atoms with Crippen LogP contribution in [0.15, 0.2) is 53.1 Å². The molecule has 1 atom stereocenters. The van der Waals surface area contributed by atoms with Crippen LogP contribution >= 0.6 is 11.6 Å². The van der Waals surface area contributed by atoms with Crippen molar-refractivity contribution in [2.24, 2.45) is 0 Å². The Morgan fingerprint density at radius 1 is 1.11 bits per heavy atom. The first-order valence-electron chi connectivity index (χ1n) is 12.3. The number of hydrogen-bond acceptors (Lipinski definition) is 6. The van der Waals surface area contributed by atoms with Crippen molar-refractivity contribution in [2.45, 2.75) is 25.5 Å². The Balaban J connectivity index is 1.51. The zero-order chi connectivity index (χ0) is 25.1. The molecule has 0 bridgehead atoms. The molecule has 2 aromatic carbocycles. The van der Waals surface area contributed by atoms with Crippen LogP contribution in [0.2, 0.25) is 5.02 Å². The molecule has 5 rings (SSSR count). The van der Waals surface area contributed by atoms with E-state index in [0.29, 0.717) is 41.9 Å². The summed E-state index contributed by atoms with van der Waals surface area (Å²) in [5, 5.41) is 4.98. The van der Waals surface area contributed by atoms with Crippen LogP contribution in [0.3, 0.4) is 0 Å². The van der Waals surface area contributed by atoms with Gasteiger partial charge in [-0.25, -0.2) is 4.39 Å². The highest BCUT2D eigenvalue weighted by Crippen LogP contribution is 2.34. The van der Waals surface area contributed by atoms with Gasteiger partial charge in [0.25, 0.3) is 5.91 Å². The second-order valence-electron chi connectivity index (χ2n) is 9.44. The third-order valence-corrected chi connectivity index (χ3v) is 7.10. The lowest BCUT2D eigenvalue weighted by atomic mass is 10.1. The summed E-state index contributed by atoms with van der Waals surface area (Å²) in [7, 11) is 2.09. The first kappa shape index (κ1) is 24.7. The van der Waals surface area contributed by atoms with Crippen molar-refractivity contribution >= 4 is 23.4 Å². The van der Waals surface area contributed by atoms with Crippen LogP contribution < -0.4 is 4.90 Å². The number of piperazine rings is 1. The fourth-order valence-electron chi connectivity index (χ4n) is 4.76. The van der Waals surface area contributed by atoms with Crippen LogP contribution in [-0.4, -0.2) is 73.3 Å². The molecule has 36 heavy (non-hydrogen) atoms. The highest BCUT2D eigenvalue weighted by atomic mass is 35.5. The molecule has 3 aromatic rings. The Morgan fingerprint density at radius 2 is 1.83 bits per heavy atom. The van der Waals surface area contributed by atoms with Gasteiger partial charge >= 0.3 is 0 Å². The van der Waals surface area contributed by atoms with Gasteiger partial charge in [0, 0.05) is 55.5 Å².